The van der Waals surface area contributed by atoms with Gasteiger partial charge < -0.3 is 5.11 Å². The van der Waals surface area contributed by atoms with Crippen molar-refractivity contribution in [2.45, 2.75) is 25.9 Å². The van der Waals surface area contributed by atoms with E-state index in [1.54, 1.807) is 0 Å². The number of hydrogen-bond acceptors (Lipinski definition) is 1. The molecule has 0 amide bonds. The zero-order valence-electron chi connectivity index (χ0n) is 11.3. The standard InChI is InChI=1S/C18H18O/c1-12-7-8-13(2)17(11-12)16-10-9-14-5-3-4-6-15(14)18(16)19/h3-11,16,18-19H,1-2H3/t16-,18?/m1/s1. The lowest BCUT2D eigenvalue weighted by Gasteiger charge is -2.27. The third-order valence-electron chi connectivity index (χ3n) is 3.93. The van der Waals surface area contributed by atoms with Gasteiger partial charge in [0.25, 0.3) is 0 Å². The van der Waals surface area contributed by atoms with Gasteiger partial charge in [-0.2, -0.15) is 0 Å². The van der Waals surface area contributed by atoms with Crippen LogP contribution in [0.3, 0.4) is 0 Å². The molecule has 0 spiro atoms. The van der Waals surface area contributed by atoms with Crippen LogP contribution >= 0.6 is 0 Å². The van der Waals surface area contributed by atoms with Gasteiger partial charge in [-0.05, 0) is 36.1 Å². The molecule has 0 heterocycles. The van der Waals surface area contributed by atoms with Crippen LogP contribution in [0.25, 0.3) is 6.08 Å². The Morgan fingerprint density at radius 2 is 1.74 bits per heavy atom. The summed E-state index contributed by atoms with van der Waals surface area (Å²) < 4.78 is 0. The SMILES string of the molecule is Cc1ccc(C)c([C@H]2C=Cc3ccccc3C2O)c1. The Labute approximate surface area is 114 Å². The van der Waals surface area contributed by atoms with E-state index in [0.29, 0.717) is 0 Å². The second-order valence-electron chi connectivity index (χ2n) is 5.32. The van der Waals surface area contributed by atoms with Gasteiger partial charge in [0.05, 0.1) is 6.10 Å². The molecule has 0 radical (unpaired) electrons. The third kappa shape index (κ3) is 2.11. The third-order valence-corrected chi connectivity index (χ3v) is 3.93. The summed E-state index contributed by atoms with van der Waals surface area (Å²) in [7, 11) is 0. The molecule has 96 valence electrons. The van der Waals surface area contributed by atoms with Crippen LogP contribution in [0.5, 0.6) is 0 Å². The van der Waals surface area contributed by atoms with E-state index in [2.05, 4.69) is 44.2 Å². The number of benzene rings is 2. The summed E-state index contributed by atoms with van der Waals surface area (Å²) in [6, 6.07) is 14.5. The molecule has 1 heteroatoms. The van der Waals surface area contributed by atoms with Crippen molar-refractivity contribution in [1.29, 1.82) is 0 Å². The maximum Gasteiger partial charge on any atom is 0.0899 e. The summed E-state index contributed by atoms with van der Waals surface area (Å²) in [5.41, 5.74) is 5.84. The number of aryl methyl sites for hydroxylation is 2. The highest BCUT2D eigenvalue weighted by Gasteiger charge is 2.26. The maximum absolute atomic E-state index is 10.6. The molecule has 0 fully saturated rings. The normalized spacial score (nSPS) is 21.2. The van der Waals surface area contributed by atoms with Gasteiger partial charge in [-0.25, -0.2) is 0 Å². The van der Waals surface area contributed by atoms with Crippen LogP contribution in [0, 0.1) is 13.8 Å². The molecule has 2 aromatic carbocycles. The molecule has 2 atom stereocenters. The molecule has 0 aromatic heterocycles. The Hall–Kier alpha value is -1.86. The van der Waals surface area contributed by atoms with Crippen LogP contribution in [0.1, 0.15) is 39.8 Å². The van der Waals surface area contributed by atoms with Gasteiger partial charge in [0.2, 0.25) is 0 Å². The van der Waals surface area contributed by atoms with E-state index in [4.69, 9.17) is 0 Å². The fourth-order valence-electron chi connectivity index (χ4n) is 2.83. The fraction of sp³-hybridized carbons (Fsp3) is 0.222. The summed E-state index contributed by atoms with van der Waals surface area (Å²) in [5.74, 6) is 0.0507. The molecule has 1 unspecified atom stereocenters. The summed E-state index contributed by atoms with van der Waals surface area (Å²) in [6.07, 6.45) is 3.78. The Morgan fingerprint density at radius 3 is 2.58 bits per heavy atom. The minimum absolute atomic E-state index is 0.0507. The highest BCUT2D eigenvalue weighted by atomic mass is 16.3. The van der Waals surface area contributed by atoms with Crippen LogP contribution in [-0.4, -0.2) is 5.11 Å². The minimum atomic E-state index is -0.457. The van der Waals surface area contributed by atoms with Crippen LogP contribution in [0.2, 0.25) is 0 Å². The Morgan fingerprint density at radius 1 is 0.947 bits per heavy atom. The first-order valence-corrected chi connectivity index (χ1v) is 6.69. The largest absolute Gasteiger partial charge is 0.387 e. The van der Waals surface area contributed by atoms with Crippen molar-refractivity contribution < 1.29 is 5.11 Å². The lowest BCUT2D eigenvalue weighted by molar-refractivity contribution is 0.160. The first-order chi connectivity index (χ1) is 9.16. The molecule has 1 aliphatic rings. The lowest BCUT2D eigenvalue weighted by atomic mass is 9.81. The molecule has 19 heavy (non-hydrogen) atoms. The summed E-state index contributed by atoms with van der Waals surface area (Å²) in [4.78, 5) is 0. The molecule has 1 nitrogen and oxygen atoms in total. The first-order valence-electron chi connectivity index (χ1n) is 6.69. The van der Waals surface area contributed by atoms with Gasteiger partial charge in [-0.1, -0.05) is 60.2 Å². The fourth-order valence-corrected chi connectivity index (χ4v) is 2.83. The van der Waals surface area contributed by atoms with Crippen molar-refractivity contribution in [3.05, 3.63) is 76.4 Å². The van der Waals surface area contributed by atoms with E-state index in [1.807, 2.05) is 24.3 Å². The second kappa shape index (κ2) is 4.67. The van der Waals surface area contributed by atoms with E-state index >= 15 is 0 Å². The molecule has 1 aliphatic carbocycles. The van der Waals surface area contributed by atoms with Crippen molar-refractivity contribution in [2.75, 3.05) is 0 Å². The summed E-state index contributed by atoms with van der Waals surface area (Å²) in [5, 5.41) is 10.6. The highest BCUT2D eigenvalue weighted by Crippen LogP contribution is 2.39. The van der Waals surface area contributed by atoms with E-state index in [-0.39, 0.29) is 5.92 Å². The molecule has 0 saturated carbocycles. The molecule has 0 aliphatic heterocycles. The van der Waals surface area contributed by atoms with Gasteiger partial charge in [-0.15, -0.1) is 0 Å². The average Bonchev–Trinajstić information content (AvgIpc) is 2.43. The number of rotatable bonds is 1. The second-order valence-corrected chi connectivity index (χ2v) is 5.32. The predicted molar refractivity (Wildman–Crippen MR) is 79.1 cm³/mol. The van der Waals surface area contributed by atoms with Crippen molar-refractivity contribution in [2.24, 2.45) is 0 Å². The van der Waals surface area contributed by atoms with Crippen molar-refractivity contribution in [3.8, 4) is 0 Å². The average molecular weight is 250 g/mol. The molecule has 2 aromatic rings. The Bertz CT molecular complexity index is 640. The van der Waals surface area contributed by atoms with Gasteiger partial charge in [0.1, 0.15) is 0 Å². The van der Waals surface area contributed by atoms with Crippen LogP contribution in [0.15, 0.2) is 48.5 Å². The van der Waals surface area contributed by atoms with Crippen LogP contribution in [-0.2, 0) is 0 Å². The van der Waals surface area contributed by atoms with Crippen LogP contribution < -0.4 is 0 Å². The van der Waals surface area contributed by atoms with Gasteiger partial charge in [0.15, 0.2) is 0 Å². The molecule has 0 bridgehead atoms. The molecular formula is C18H18O. The molecule has 0 saturated heterocycles. The summed E-state index contributed by atoms with van der Waals surface area (Å²) in [6.45, 7) is 4.20. The smallest absolute Gasteiger partial charge is 0.0899 e. The molecular weight excluding hydrogens is 232 g/mol. The highest BCUT2D eigenvalue weighted by molar-refractivity contribution is 5.60. The Kier molecular flexibility index (Phi) is 3.00. The van der Waals surface area contributed by atoms with E-state index < -0.39 is 6.10 Å². The van der Waals surface area contributed by atoms with Crippen molar-refractivity contribution >= 4 is 6.08 Å². The van der Waals surface area contributed by atoms with E-state index in [9.17, 15) is 5.11 Å². The van der Waals surface area contributed by atoms with Gasteiger partial charge >= 0.3 is 0 Å². The number of fused-ring (bicyclic) bond motifs is 1. The quantitative estimate of drug-likeness (QED) is 0.806. The van der Waals surface area contributed by atoms with Crippen LogP contribution in [0.4, 0.5) is 0 Å². The van der Waals surface area contributed by atoms with Crippen molar-refractivity contribution in [1.82, 2.24) is 0 Å². The Balaban J connectivity index is 2.07. The lowest BCUT2D eigenvalue weighted by Crippen LogP contribution is -2.14. The maximum atomic E-state index is 10.6. The number of aliphatic hydroxyl groups is 1. The van der Waals surface area contributed by atoms with E-state index in [0.717, 1.165) is 11.1 Å². The molecule has 1 N–H and O–H groups in total. The minimum Gasteiger partial charge on any atom is -0.387 e. The number of aliphatic hydroxyl groups excluding tert-OH is 1. The molecule has 3 rings (SSSR count). The topological polar surface area (TPSA) is 20.2 Å². The van der Waals surface area contributed by atoms with Crippen molar-refractivity contribution in [3.63, 3.8) is 0 Å². The predicted octanol–water partition coefficient (Wildman–Crippen LogP) is 4.15. The first kappa shape index (κ1) is 12.2. The van der Waals surface area contributed by atoms with E-state index in [1.165, 1.54) is 16.7 Å². The zero-order valence-corrected chi connectivity index (χ0v) is 11.3. The van der Waals surface area contributed by atoms with Gasteiger partial charge in [-0.3, -0.25) is 0 Å². The summed E-state index contributed by atoms with van der Waals surface area (Å²) >= 11 is 0. The number of hydrogen-bond donors (Lipinski definition) is 1. The monoisotopic (exact) mass is 250 g/mol. The van der Waals surface area contributed by atoms with Gasteiger partial charge in [0, 0.05) is 5.92 Å². The zero-order chi connectivity index (χ0) is 13.4.